The normalized spacial score (nSPS) is 25.5. The van der Waals surface area contributed by atoms with Crippen molar-refractivity contribution in [2.24, 2.45) is 0 Å². The number of aromatic hydroxyl groups is 2. The predicted octanol–water partition coefficient (Wildman–Crippen LogP) is 1.63. The van der Waals surface area contributed by atoms with Gasteiger partial charge in [0.05, 0.1) is 6.61 Å². The van der Waals surface area contributed by atoms with E-state index in [2.05, 4.69) is 0 Å². The van der Waals surface area contributed by atoms with Crippen LogP contribution in [0.4, 0.5) is 0 Å². The Morgan fingerprint density at radius 3 is 2.31 bits per heavy atom. The van der Waals surface area contributed by atoms with Crippen LogP contribution in [-0.2, 0) is 24.0 Å². The van der Waals surface area contributed by atoms with Crippen molar-refractivity contribution in [1.82, 2.24) is 0 Å². The summed E-state index contributed by atoms with van der Waals surface area (Å²) in [7, 11) is 0. The summed E-state index contributed by atoms with van der Waals surface area (Å²) < 4.78 is 11.1. The minimum atomic E-state index is -1.51. The average Bonchev–Trinajstić information content (AvgIpc) is 2.86. The smallest absolute Gasteiger partial charge is 0.229 e. The Morgan fingerprint density at radius 1 is 0.829 bits per heavy atom. The lowest BCUT2D eigenvalue weighted by molar-refractivity contribution is -0.277. The second kappa shape index (κ2) is 9.49. The van der Waals surface area contributed by atoms with Crippen LogP contribution in [-0.4, -0.2) is 68.0 Å². The third-order valence-corrected chi connectivity index (χ3v) is 6.83. The molecule has 184 valence electrons. The molecule has 35 heavy (non-hydrogen) atoms. The topological polar surface area (TPSA) is 140 Å². The van der Waals surface area contributed by atoms with Gasteiger partial charge in [-0.25, -0.2) is 0 Å². The van der Waals surface area contributed by atoms with Crippen LogP contribution in [0.5, 0.6) is 17.2 Å². The van der Waals surface area contributed by atoms with Gasteiger partial charge >= 0.3 is 0 Å². The molecule has 0 saturated carbocycles. The van der Waals surface area contributed by atoms with Gasteiger partial charge in [0.15, 0.2) is 0 Å². The predicted molar refractivity (Wildman–Crippen MR) is 126 cm³/mol. The van der Waals surface area contributed by atoms with Crippen molar-refractivity contribution in [3.8, 4) is 28.4 Å². The van der Waals surface area contributed by atoms with Crippen molar-refractivity contribution < 1.29 is 40.1 Å². The Balaban J connectivity index is 1.34. The molecule has 0 aromatic heterocycles. The molecule has 5 rings (SSSR count). The first kappa shape index (κ1) is 23.6. The maximum Gasteiger partial charge on any atom is 0.229 e. The summed E-state index contributed by atoms with van der Waals surface area (Å²) in [5.74, 6) is 0.857. The van der Waals surface area contributed by atoms with Crippen molar-refractivity contribution in [1.29, 1.82) is 0 Å². The Hall–Kier alpha value is -3.14. The first-order chi connectivity index (χ1) is 16.9. The van der Waals surface area contributed by atoms with Crippen LogP contribution in [0.25, 0.3) is 11.1 Å². The zero-order valence-corrected chi connectivity index (χ0v) is 18.9. The van der Waals surface area contributed by atoms with Crippen molar-refractivity contribution in [2.75, 3.05) is 6.61 Å². The first-order valence-electron chi connectivity index (χ1n) is 11.6. The molecule has 0 amide bonds. The van der Waals surface area contributed by atoms with Gasteiger partial charge in [0.1, 0.15) is 41.7 Å². The van der Waals surface area contributed by atoms with Crippen LogP contribution < -0.4 is 4.74 Å². The van der Waals surface area contributed by atoms with Crippen LogP contribution in [0.1, 0.15) is 22.3 Å². The molecular weight excluding hydrogens is 452 g/mol. The van der Waals surface area contributed by atoms with E-state index in [1.807, 2.05) is 24.3 Å². The fourth-order valence-corrected chi connectivity index (χ4v) is 4.91. The van der Waals surface area contributed by atoms with Crippen molar-refractivity contribution in [3.05, 3.63) is 76.9 Å². The average molecular weight is 481 g/mol. The molecule has 1 fully saturated rings. The number of hydrogen-bond donors (Lipinski definition) is 6. The number of rotatable bonds is 5. The third-order valence-electron chi connectivity index (χ3n) is 6.83. The summed E-state index contributed by atoms with van der Waals surface area (Å²) in [5, 5.41) is 59.8. The van der Waals surface area contributed by atoms with Crippen LogP contribution in [0.3, 0.4) is 0 Å². The SMILES string of the molecule is OC[C@H]1O[C@@H](Oc2ccc(Cc3c(O)ccc4c3CCc3cc(O)ccc3-4)cc2)[C@H](O)[C@@H](O)[C@@H]1O. The summed E-state index contributed by atoms with van der Waals surface area (Å²) >= 11 is 0. The Bertz CT molecular complexity index is 1210. The number of aliphatic hydroxyl groups excluding tert-OH is 4. The number of aryl methyl sites for hydroxylation is 1. The molecular formula is C27H28O8. The van der Waals surface area contributed by atoms with Crippen LogP contribution in [0.2, 0.25) is 0 Å². The molecule has 6 N–H and O–H groups in total. The van der Waals surface area contributed by atoms with E-state index < -0.39 is 37.3 Å². The fraction of sp³-hybridized carbons (Fsp3) is 0.333. The number of fused-ring (bicyclic) bond motifs is 3. The van der Waals surface area contributed by atoms with E-state index in [0.29, 0.717) is 12.2 Å². The van der Waals surface area contributed by atoms with Crippen molar-refractivity contribution >= 4 is 0 Å². The second-order valence-corrected chi connectivity index (χ2v) is 9.07. The van der Waals surface area contributed by atoms with E-state index in [1.165, 1.54) is 0 Å². The molecule has 2 aliphatic rings. The standard InChI is InChI=1S/C27H28O8/c28-13-23-24(31)25(32)26(33)27(35-23)34-17-5-1-14(2-6-17)11-21-20-7-3-15-12-16(29)4-8-18(15)19(20)9-10-22(21)30/h1-2,4-6,8-10,12,23-33H,3,7,11,13H2/t23-,24-,25+,26-,27-/m1/s1. The quantitative estimate of drug-likeness (QED) is 0.324. The molecule has 0 bridgehead atoms. The first-order valence-corrected chi connectivity index (χ1v) is 11.6. The maximum atomic E-state index is 10.6. The fourth-order valence-electron chi connectivity index (χ4n) is 4.91. The van der Waals surface area contributed by atoms with Crippen molar-refractivity contribution in [3.63, 3.8) is 0 Å². The molecule has 0 spiro atoms. The lowest BCUT2D eigenvalue weighted by Gasteiger charge is -2.39. The second-order valence-electron chi connectivity index (χ2n) is 9.07. The molecule has 1 aliphatic heterocycles. The van der Waals surface area contributed by atoms with E-state index in [-0.39, 0.29) is 11.5 Å². The van der Waals surface area contributed by atoms with Gasteiger partial charge in [-0.3, -0.25) is 0 Å². The van der Waals surface area contributed by atoms with Gasteiger partial charge in [-0.05, 0) is 71.0 Å². The zero-order chi connectivity index (χ0) is 24.7. The zero-order valence-electron chi connectivity index (χ0n) is 18.9. The summed E-state index contributed by atoms with van der Waals surface area (Å²) in [4.78, 5) is 0. The largest absolute Gasteiger partial charge is 0.508 e. The summed E-state index contributed by atoms with van der Waals surface area (Å²) in [6.07, 6.45) is -4.69. The Morgan fingerprint density at radius 2 is 1.57 bits per heavy atom. The van der Waals surface area contributed by atoms with Gasteiger partial charge in [-0.2, -0.15) is 0 Å². The van der Waals surface area contributed by atoms with E-state index >= 15 is 0 Å². The number of phenols is 2. The number of hydrogen-bond acceptors (Lipinski definition) is 8. The van der Waals surface area contributed by atoms with Crippen molar-refractivity contribution in [2.45, 2.75) is 50.0 Å². The molecule has 0 unspecified atom stereocenters. The molecule has 1 aliphatic carbocycles. The van der Waals surface area contributed by atoms with Crippen LogP contribution in [0, 0.1) is 0 Å². The number of aliphatic hydroxyl groups is 4. The highest BCUT2D eigenvalue weighted by Crippen LogP contribution is 2.40. The number of phenolic OH excluding ortho intramolecular Hbond substituents is 2. The van der Waals surface area contributed by atoms with Crippen LogP contribution >= 0.6 is 0 Å². The Labute approximate surface area is 202 Å². The monoisotopic (exact) mass is 480 g/mol. The molecule has 1 saturated heterocycles. The molecule has 3 aromatic rings. The minimum absolute atomic E-state index is 0.229. The van der Waals surface area contributed by atoms with Gasteiger partial charge in [0.2, 0.25) is 6.29 Å². The van der Waals surface area contributed by atoms with Crippen LogP contribution in [0.15, 0.2) is 54.6 Å². The van der Waals surface area contributed by atoms with Gasteiger partial charge in [0, 0.05) is 12.0 Å². The van der Waals surface area contributed by atoms with Gasteiger partial charge < -0.3 is 40.1 Å². The molecule has 8 nitrogen and oxygen atoms in total. The highest BCUT2D eigenvalue weighted by Gasteiger charge is 2.44. The molecule has 1 heterocycles. The third kappa shape index (κ3) is 4.47. The molecule has 3 aromatic carbocycles. The molecule has 8 heteroatoms. The number of ether oxygens (including phenoxy) is 2. The molecule has 5 atom stereocenters. The number of benzene rings is 3. The van der Waals surface area contributed by atoms with E-state index in [9.17, 15) is 30.6 Å². The van der Waals surface area contributed by atoms with E-state index in [1.54, 1.807) is 30.3 Å². The lowest BCUT2D eigenvalue weighted by Crippen LogP contribution is -2.60. The molecule has 0 radical (unpaired) electrons. The van der Waals surface area contributed by atoms with Gasteiger partial charge in [-0.1, -0.05) is 24.3 Å². The highest BCUT2D eigenvalue weighted by atomic mass is 16.7. The summed E-state index contributed by atoms with van der Waals surface area (Å²) in [5.41, 5.74) is 6.08. The highest BCUT2D eigenvalue weighted by molar-refractivity contribution is 5.76. The maximum absolute atomic E-state index is 10.6. The van der Waals surface area contributed by atoms with E-state index in [0.717, 1.165) is 46.2 Å². The summed E-state index contributed by atoms with van der Waals surface area (Å²) in [6, 6.07) is 16.1. The summed E-state index contributed by atoms with van der Waals surface area (Å²) in [6.45, 7) is -0.528. The van der Waals surface area contributed by atoms with E-state index in [4.69, 9.17) is 9.47 Å². The van der Waals surface area contributed by atoms with Gasteiger partial charge in [-0.15, -0.1) is 0 Å². The lowest BCUT2D eigenvalue weighted by atomic mass is 9.81. The Kier molecular flexibility index (Phi) is 6.39. The minimum Gasteiger partial charge on any atom is -0.508 e. The van der Waals surface area contributed by atoms with Gasteiger partial charge in [0.25, 0.3) is 0 Å².